The Morgan fingerprint density at radius 2 is 2.00 bits per heavy atom. The lowest BCUT2D eigenvalue weighted by atomic mass is 9.96. The van der Waals surface area contributed by atoms with Gasteiger partial charge in [0.05, 0.1) is 12.2 Å². The van der Waals surface area contributed by atoms with Crippen LogP contribution in [0.25, 0.3) is 0 Å². The standard InChI is InChI=1S/C11H15FO4/c1-11(2,15)8-5-7(3-4-9(8)12)6-16-10(13)14/h3-5,10,13-15H,6H2,1-2H3. The highest BCUT2D eigenvalue weighted by atomic mass is 19.1. The lowest BCUT2D eigenvalue weighted by molar-refractivity contribution is -0.240. The zero-order chi connectivity index (χ0) is 12.3. The monoisotopic (exact) mass is 230 g/mol. The summed E-state index contributed by atoms with van der Waals surface area (Å²) in [6.45, 7) is 1.00. The van der Waals surface area contributed by atoms with Crippen LogP contribution in [-0.2, 0) is 16.9 Å². The lowest BCUT2D eigenvalue weighted by Crippen LogP contribution is -2.18. The van der Waals surface area contributed by atoms with Crippen LogP contribution in [-0.4, -0.2) is 21.8 Å². The Bertz CT molecular complexity index is 357. The molecule has 0 amide bonds. The first-order valence-electron chi connectivity index (χ1n) is 4.79. The van der Waals surface area contributed by atoms with Crippen molar-refractivity contribution in [1.82, 2.24) is 0 Å². The van der Waals surface area contributed by atoms with Crippen molar-refractivity contribution in [2.45, 2.75) is 32.5 Å². The van der Waals surface area contributed by atoms with E-state index in [1.54, 1.807) is 0 Å². The van der Waals surface area contributed by atoms with Crippen molar-refractivity contribution < 1.29 is 24.4 Å². The summed E-state index contributed by atoms with van der Waals surface area (Å²) in [6.07, 6.45) is 0. The fourth-order valence-corrected chi connectivity index (χ4v) is 1.30. The number of rotatable bonds is 4. The third-order valence-electron chi connectivity index (χ3n) is 2.09. The van der Waals surface area contributed by atoms with Crippen molar-refractivity contribution in [3.8, 4) is 0 Å². The Labute approximate surface area is 92.9 Å². The van der Waals surface area contributed by atoms with Crippen LogP contribution in [0.15, 0.2) is 18.2 Å². The van der Waals surface area contributed by atoms with E-state index in [1.807, 2.05) is 0 Å². The average Bonchev–Trinajstić information content (AvgIpc) is 2.14. The minimum atomic E-state index is -1.87. The molecule has 0 saturated carbocycles. The highest BCUT2D eigenvalue weighted by Crippen LogP contribution is 2.24. The Morgan fingerprint density at radius 1 is 1.38 bits per heavy atom. The van der Waals surface area contributed by atoms with Gasteiger partial charge in [0.2, 0.25) is 0 Å². The van der Waals surface area contributed by atoms with Gasteiger partial charge in [-0.25, -0.2) is 4.39 Å². The maximum Gasteiger partial charge on any atom is 0.266 e. The molecule has 1 aromatic rings. The van der Waals surface area contributed by atoms with Crippen molar-refractivity contribution in [1.29, 1.82) is 0 Å². The molecule has 0 unspecified atom stereocenters. The molecule has 0 aliphatic heterocycles. The van der Waals surface area contributed by atoms with Crippen LogP contribution in [0, 0.1) is 5.82 Å². The number of hydrogen-bond donors (Lipinski definition) is 3. The molecular formula is C11H15FO4. The summed E-state index contributed by atoms with van der Waals surface area (Å²) in [7, 11) is 0. The predicted octanol–water partition coefficient (Wildman–Crippen LogP) is 0.838. The third-order valence-corrected chi connectivity index (χ3v) is 2.09. The summed E-state index contributed by atoms with van der Waals surface area (Å²) in [4.78, 5) is 0. The van der Waals surface area contributed by atoms with E-state index in [-0.39, 0.29) is 12.2 Å². The van der Waals surface area contributed by atoms with E-state index in [2.05, 4.69) is 4.74 Å². The van der Waals surface area contributed by atoms with Gasteiger partial charge in [0.25, 0.3) is 6.48 Å². The van der Waals surface area contributed by atoms with Gasteiger partial charge < -0.3 is 20.1 Å². The van der Waals surface area contributed by atoms with Gasteiger partial charge in [-0.1, -0.05) is 6.07 Å². The topological polar surface area (TPSA) is 69.9 Å². The van der Waals surface area contributed by atoms with Crippen molar-refractivity contribution in [3.05, 3.63) is 35.1 Å². The lowest BCUT2D eigenvalue weighted by Gasteiger charge is -2.19. The highest BCUT2D eigenvalue weighted by Gasteiger charge is 2.20. The smallest absolute Gasteiger partial charge is 0.266 e. The van der Waals surface area contributed by atoms with Crippen LogP contribution in [0.2, 0.25) is 0 Å². The van der Waals surface area contributed by atoms with E-state index in [9.17, 15) is 9.50 Å². The molecule has 0 heterocycles. The molecule has 16 heavy (non-hydrogen) atoms. The van der Waals surface area contributed by atoms with Crippen molar-refractivity contribution in [2.24, 2.45) is 0 Å². The molecule has 0 spiro atoms. The third kappa shape index (κ3) is 3.53. The number of benzene rings is 1. The molecule has 0 atom stereocenters. The summed E-state index contributed by atoms with van der Waals surface area (Å²) >= 11 is 0. The first kappa shape index (κ1) is 13.1. The molecule has 0 aliphatic rings. The quantitative estimate of drug-likeness (QED) is 0.670. The number of hydrogen-bond acceptors (Lipinski definition) is 4. The predicted molar refractivity (Wildman–Crippen MR) is 54.7 cm³/mol. The van der Waals surface area contributed by atoms with E-state index in [4.69, 9.17) is 10.2 Å². The van der Waals surface area contributed by atoms with E-state index in [0.29, 0.717) is 5.56 Å². The average molecular weight is 230 g/mol. The first-order valence-corrected chi connectivity index (χ1v) is 4.79. The summed E-state index contributed by atoms with van der Waals surface area (Å²) in [5.74, 6) is -0.513. The molecule has 0 aliphatic carbocycles. The van der Waals surface area contributed by atoms with E-state index < -0.39 is 17.9 Å². The number of aliphatic hydroxyl groups is 3. The van der Waals surface area contributed by atoms with Gasteiger partial charge in [-0.15, -0.1) is 0 Å². The Kier molecular flexibility index (Phi) is 3.98. The Balaban J connectivity index is 2.90. The second kappa shape index (κ2) is 4.88. The van der Waals surface area contributed by atoms with Crippen LogP contribution >= 0.6 is 0 Å². The molecular weight excluding hydrogens is 215 g/mol. The molecule has 1 aromatic carbocycles. The van der Waals surface area contributed by atoms with Crippen molar-refractivity contribution in [2.75, 3.05) is 0 Å². The summed E-state index contributed by atoms with van der Waals surface area (Å²) in [6, 6.07) is 4.08. The minimum Gasteiger partial charge on any atom is -0.386 e. The van der Waals surface area contributed by atoms with Gasteiger partial charge in [-0.3, -0.25) is 0 Å². The molecule has 0 aromatic heterocycles. The molecule has 4 nitrogen and oxygen atoms in total. The van der Waals surface area contributed by atoms with Crippen LogP contribution < -0.4 is 0 Å². The molecule has 0 fully saturated rings. The van der Waals surface area contributed by atoms with Gasteiger partial charge in [-0.2, -0.15) is 0 Å². The van der Waals surface area contributed by atoms with Gasteiger partial charge >= 0.3 is 0 Å². The van der Waals surface area contributed by atoms with Gasteiger partial charge in [0.1, 0.15) is 5.82 Å². The molecule has 0 bridgehead atoms. The normalized spacial score (nSPS) is 12.2. The maximum atomic E-state index is 13.4. The van der Waals surface area contributed by atoms with Crippen molar-refractivity contribution >= 4 is 0 Å². The van der Waals surface area contributed by atoms with E-state index >= 15 is 0 Å². The fraction of sp³-hybridized carbons (Fsp3) is 0.455. The second-order valence-electron chi connectivity index (χ2n) is 4.01. The zero-order valence-corrected chi connectivity index (χ0v) is 9.14. The SMILES string of the molecule is CC(C)(O)c1cc(COC(O)O)ccc1F. The number of aliphatic hydroxyl groups excluding tert-OH is 1. The summed E-state index contributed by atoms with van der Waals surface area (Å²) in [5, 5.41) is 26.7. The number of ether oxygens (including phenoxy) is 1. The molecule has 0 saturated heterocycles. The minimum absolute atomic E-state index is 0.0684. The maximum absolute atomic E-state index is 13.4. The largest absolute Gasteiger partial charge is 0.386 e. The van der Waals surface area contributed by atoms with E-state index in [1.165, 1.54) is 32.0 Å². The van der Waals surface area contributed by atoms with Crippen molar-refractivity contribution in [3.63, 3.8) is 0 Å². The van der Waals surface area contributed by atoms with Crippen LogP contribution in [0.1, 0.15) is 25.0 Å². The van der Waals surface area contributed by atoms with E-state index in [0.717, 1.165) is 0 Å². The van der Waals surface area contributed by atoms with Gasteiger partial charge in [-0.05, 0) is 31.5 Å². The fourth-order valence-electron chi connectivity index (χ4n) is 1.30. The highest BCUT2D eigenvalue weighted by molar-refractivity contribution is 5.28. The molecule has 90 valence electrons. The Morgan fingerprint density at radius 3 is 2.50 bits per heavy atom. The molecule has 3 N–H and O–H groups in total. The number of halogens is 1. The van der Waals surface area contributed by atoms with Crippen LogP contribution in [0.5, 0.6) is 0 Å². The molecule has 1 rings (SSSR count). The zero-order valence-electron chi connectivity index (χ0n) is 9.14. The Hall–Kier alpha value is -1.01. The summed E-state index contributed by atoms with van der Waals surface area (Å²) in [5.41, 5.74) is -0.606. The van der Waals surface area contributed by atoms with Crippen LogP contribution in [0.3, 0.4) is 0 Å². The van der Waals surface area contributed by atoms with Crippen LogP contribution in [0.4, 0.5) is 4.39 Å². The summed E-state index contributed by atoms with van der Waals surface area (Å²) < 4.78 is 17.9. The second-order valence-corrected chi connectivity index (χ2v) is 4.01. The first-order chi connectivity index (χ1) is 7.30. The van der Waals surface area contributed by atoms with Gasteiger partial charge in [0, 0.05) is 5.56 Å². The van der Waals surface area contributed by atoms with Gasteiger partial charge in [0.15, 0.2) is 0 Å². The molecule has 5 heteroatoms. The molecule has 0 radical (unpaired) electrons.